The zero-order chi connectivity index (χ0) is 17.7. The van der Waals surface area contributed by atoms with Gasteiger partial charge in [-0.25, -0.2) is 0 Å². The summed E-state index contributed by atoms with van der Waals surface area (Å²) in [5.41, 5.74) is 2.82. The van der Waals surface area contributed by atoms with Crippen molar-refractivity contribution in [3.05, 3.63) is 68.8 Å². The molecule has 24 heavy (non-hydrogen) atoms. The van der Waals surface area contributed by atoms with Crippen molar-refractivity contribution < 1.29 is 14.5 Å². The molecule has 0 radical (unpaired) electrons. The number of benzene rings is 2. The van der Waals surface area contributed by atoms with Gasteiger partial charge in [0, 0.05) is 17.2 Å². The molecule has 2 rings (SSSR count). The molecular weight excluding hydrogens is 308 g/mol. The summed E-state index contributed by atoms with van der Waals surface area (Å²) in [6.07, 6.45) is 0. The Balaban J connectivity index is 1.92. The van der Waals surface area contributed by atoms with Crippen LogP contribution in [0.3, 0.4) is 0 Å². The number of nitrogens with zero attached hydrogens (tertiary/aromatic N) is 1. The number of hydrogen-bond acceptors (Lipinski definition) is 4. The van der Waals surface area contributed by atoms with Crippen LogP contribution in [-0.4, -0.2) is 24.0 Å². The van der Waals surface area contributed by atoms with Crippen molar-refractivity contribution in [3.8, 4) is 5.75 Å². The van der Waals surface area contributed by atoms with Crippen LogP contribution in [0.2, 0.25) is 0 Å². The highest BCUT2D eigenvalue weighted by Gasteiger charge is 2.17. The van der Waals surface area contributed by atoms with Gasteiger partial charge in [-0.05, 0) is 50.1 Å². The van der Waals surface area contributed by atoms with E-state index in [1.165, 1.54) is 12.1 Å². The lowest BCUT2D eigenvalue weighted by atomic mass is 10.1. The lowest BCUT2D eigenvalue weighted by Crippen LogP contribution is -2.28. The Labute approximate surface area is 140 Å². The fourth-order valence-corrected chi connectivity index (χ4v) is 2.51. The van der Waals surface area contributed by atoms with Crippen LogP contribution >= 0.6 is 0 Å². The number of hydrogen-bond donors (Lipinski definition) is 1. The molecule has 0 fully saturated rings. The van der Waals surface area contributed by atoms with E-state index >= 15 is 0 Å². The Hall–Kier alpha value is -2.89. The number of nitro benzene ring substituents is 1. The van der Waals surface area contributed by atoms with Crippen LogP contribution in [0, 0.1) is 30.9 Å². The van der Waals surface area contributed by atoms with Crippen LogP contribution < -0.4 is 10.1 Å². The molecular formula is C18H20N2O4. The summed E-state index contributed by atoms with van der Waals surface area (Å²) >= 11 is 0. The first kappa shape index (κ1) is 17.5. The van der Waals surface area contributed by atoms with E-state index in [4.69, 9.17) is 4.74 Å². The maximum atomic E-state index is 12.2. The molecule has 0 aliphatic heterocycles. The molecule has 6 nitrogen and oxygen atoms in total. The topological polar surface area (TPSA) is 81.5 Å². The fraction of sp³-hybridized carbons (Fsp3) is 0.278. The van der Waals surface area contributed by atoms with E-state index in [-0.39, 0.29) is 11.6 Å². The Morgan fingerprint density at radius 2 is 1.83 bits per heavy atom. The standard InChI is InChI=1S/C18H20N2O4/c1-12-9-13(2)11-15(10-12)24-8-7-19-18(21)16-5-4-6-17(14(16)3)20(22)23/h4-6,9-11H,7-8H2,1-3H3,(H,19,21). The number of aryl methyl sites for hydroxylation is 2. The summed E-state index contributed by atoms with van der Waals surface area (Å²) < 4.78 is 5.62. The number of amides is 1. The number of nitrogens with one attached hydrogen (secondary N) is 1. The maximum absolute atomic E-state index is 12.2. The molecule has 0 spiro atoms. The quantitative estimate of drug-likeness (QED) is 0.501. The van der Waals surface area contributed by atoms with Gasteiger partial charge in [0.05, 0.1) is 11.5 Å². The highest BCUT2D eigenvalue weighted by atomic mass is 16.6. The Morgan fingerprint density at radius 3 is 2.46 bits per heavy atom. The third-order valence-corrected chi connectivity index (χ3v) is 3.60. The van der Waals surface area contributed by atoms with Gasteiger partial charge in [0.25, 0.3) is 11.6 Å². The Morgan fingerprint density at radius 1 is 1.17 bits per heavy atom. The first-order chi connectivity index (χ1) is 11.4. The van der Waals surface area contributed by atoms with Gasteiger partial charge in [0.2, 0.25) is 0 Å². The molecule has 1 amide bonds. The van der Waals surface area contributed by atoms with Gasteiger partial charge >= 0.3 is 0 Å². The van der Waals surface area contributed by atoms with Crippen molar-refractivity contribution in [2.75, 3.05) is 13.2 Å². The van der Waals surface area contributed by atoms with Crippen molar-refractivity contribution in [1.82, 2.24) is 5.32 Å². The molecule has 0 aliphatic rings. The van der Waals surface area contributed by atoms with Crippen molar-refractivity contribution in [2.24, 2.45) is 0 Å². The highest BCUT2D eigenvalue weighted by molar-refractivity contribution is 5.96. The van der Waals surface area contributed by atoms with Crippen LogP contribution in [0.25, 0.3) is 0 Å². The minimum atomic E-state index is -0.491. The molecule has 0 heterocycles. The predicted octanol–water partition coefficient (Wildman–Crippen LogP) is 3.33. The van der Waals surface area contributed by atoms with Crippen molar-refractivity contribution >= 4 is 11.6 Å². The van der Waals surface area contributed by atoms with Crippen molar-refractivity contribution in [2.45, 2.75) is 20.8 Å². The fourth-order valence-electron chi connectivity index (χ4n) is 2.51. The van der Waals surface area contributed by atoms with Gasteiger partial charge in [-0.3, -0.25) is 14.9 Å². The predicted molar refractivity (Wildman–Crippen MR) is 91.6 cm³/mol. The van der Waals surface area contributed by atoms with E-state index < -0.39 is 4.92 Å². The number of rotatable bonds is 6. The van der Waals surface area contributed by atoms with Crippen LogP contribution in [0.1, 0.15) is 27.0 Å². The van der Waals surface area contributed by atoms with Gasteiger partial charge in [-0.15, -0.1) is 0 Å². The van der Waals surface area contributed by atoms with E-state index in [9.17, 15) is 14.9 Å². The number of carbonyl (C=O) groups is 1. The molecule has 0 saturated carbocycles. The summed E-state index contributed by atoms with van der Waals surface area (Å²) in [7, 11) is 0. The second-order valence-electron chi connectivity index (χ2n) is 5.63. The van der Waals surface area contributed by atoms with Crippen molar-refractivity contribution in [3.63, 3.8) is 0 Å². The first-order valence-corrected chi connectivity index (χ1v) is 7.62. The minimum Gasteiger partial charge on any atom is -0.492 e. The summed E-state index contributed by atoms with van der Waals surface area (Å²) in [6.45, 7) is 6.19. The first-order valence-electron chi connectivity index (χ1n) is 7.62. The summed E-state index contributed by atoms with van der Waals surface area (Å²) in [6, 6.07) is 10.4. The molecule has 0 unspecified atom stereocenters. The number of ether oxygens (including phenoxy) is 1. The molecule has 2 aromatic carbocycles. The van der Waals surface area contributed by atoms with Gasteiger partial charge in [0.15, 0.2) is 0 Å². The zero-order valence-electron chi connectivity index (χ0n) is 14.0. The molecule has 0 atom stereocenters. The summed E-state index contributed by atoms with van der Waals surface area (Å²) in [5, 5.41) is 13.6. The van der Waals surface area contributed by atoms with Crippen LogP contribution in [0.4, 0.5) is 5.69 Å². The number of carbonyl (C=O) groups excluding carboxylic acids is 1. The second kappa shape index (κ2) is 7.59. The van der Waals surface area contributed by atoms with Gasteiger partial charge < -0.3 is 10.1 Å². The second-order valence-corrected chi connectivity index (χ2v) is 5.63. The normalized spacial score (nSPS) is 10.3. The molecule has 1 N–H and O–H groups in total. The SMILES string of the molecule is Cc1cc(C)cc(OCCNC(=O)c2cccc([N+](=O)[O-])c2C)c1. The molecule has 0 bridgehead atoms. The Bertz CT molecular complexity index is 751. The molecule has 2 aromatic rings. The van der Waals surface area contributed by atoms with Crippen LogP contribution in [0.5, 0.6) is 5.75 Å². The maximum Gasteiger partial charge on any atom is 0.273 e. The van der Waals surface area contributed by atoms with Crippen LogP contribution in [-0.2, 0) is 0 Å². The third kappa shape index (κ3) is 4.32. The lowest BCUT2D eigenvalue weighted by molar-refractivity contribution is -0.385. The van der Waals surface area contributed by atoms with Crippen molar-refractivity contribution in [1.29, 1.82) is 0 Å². The van der Waals surface area contributed by atoms with E-state index in [1.807, 2.05) is 26.0 Å². The van der Waals surface area contributed by atoms with E-state index in [1.54, 1.807) is 13.0 Å². The van der Waals surface area contributed by atoms with Gasteiger partial charge in [-0.1, -0.05) is 12.1 Å². The molecule has 6 heteroatoms. The summed E-state index contributed by atoms with van der Waals surface area (Å²) in [4.78, 5) is 22.6. The Kier molecular flexibility index (Phi) is 5.52. The van der Waals surface area contributed by atoms with Crippen LogP contribution in [0.15, 0.2) is 36.4 Å². The average Bonchev–Trinajstić information content (AvgIpc) is 2.50. The van der Waals surface area contributed by atoms with E-state index in [2.05, 4.69) is 11.4 Å². The largest absolute Gasteiger partial charge is 0.492 e. The van der Waals surface area contributed by atoms with E-state index in [0.29, 0.717) is 24.3 Å². The molecule has 0 saturated heterocycles. The van der Waals surface area contributed by atoms with E-state index in [0.717, 1.165) is 16.9 Å². The third-order valence-electron chi connectivity index (χ3n) is 3.60. The highest BCUT2D eigenvalue weighted by Crippen LogP contribution is 2.21. The zero-order valence-corrected chi connectivity index (χ0v) is 14.0. The average molecular weight is 328 g/mol. The number of nitro groups is 1. The van der Waals surface area contributed by atoms with Gasteiger partial charge in [-0.2, -0.15) is 0 Å². The monoisotopic (exact) mass is 328 g/mol. The lowest BCUT2D eigenvalue weighted by Gasteiger charge is -2.10. The smallest absolute Gasteiger partial charge is 0.273 e. The minimum absolute atomic E-state index is 0.0610. The molecule has 0 aromatic heterocycles. The molecule has 0 aliphatic carbocycles. The van der Waals surface area contributed by atoms with Gasteiger partial charge in [0.1, 0.15) is 12.4 Å². The summed E-state index contributed by atoms with van der Waals surface area (Å²) in [5.74, 6) is 0.411. The molecule has 126 valence electrons.